The first kappa shape index (κ1) is 14.6. The number of amides is 1. The Balaban J connectivity index is 1.87. The number of piperidine rings is 1. The van der Waals surface area contributed by atoms with Gasteiger partial charge in [0.25, 0.3) is 0 Å². The van der Waals surface area contributed by atoms with Crippen molar-refractivity contribution in [2.75, 3.05) is 13.1 Å². The molecule has 0 spiro atoms. The van der Waals surface area contributed by atoms with Crippen LogP contribution in [-0.4, -0.2) is 36.0 Å². The van der Waals surface area contributed by atoms with Gasteiger partial charge in [0.05, 0.1) is 9.61 Å². The molecular weight excluding hydrogens is 355 g/mol. The van der Waals surface area contributed by atoms with E-state index in [1.165, 1.54) is 0 Å². The lowest BCUT2D eigenvalue weighted by Gasteiger charge is -2.33. The molecular formula is C14H19IN2O2. The number of benzene rings is 1. The molecule has 1 aromatic rings. The van der Waals surface area contributed by atoms with E-state index in [1.807, 2.05) is 29.2 Å². The largest absolute Gasteiger partial charge is 0.489 e. The highest BCUT2D eigenvalue weighted by Gasteiger charge is 2.25. The second-order valence-corrected chi connectivity index (χ2v) is 6.02. The van der Waals surface area contributed by atoms with Crippen LogP contribution in [0.1, 0.15) is 19.8 Å². The van der Waals surface area contributed by atoms with E-state index < -0.39 is 6.04 Å². The first-order valence-electron chi connectivity index (χ1n) is 6.53. The van der Waals surface area contributed by atoms with Gasteiger partial charge < -0.3 is 15.4 Å². The number of carbonyl (C=O) groups excluding carboxylic acids is 1. The van der Waals surface area contributed by atoms with E-state index in [0.717, 1.165) is 35.3 Å². The Hall–Kier alpha value is -0.820. The van der Waals surface area contributed by atoms with Gasteiger partial charge in [-0.1, -0.05) is 12.1 Å². The van der Waals surface area contributed by atoms with E-state index in [0.29, 0.717) is 0 Å². The van der Waals surface area contributed by atoms with Gasteiger partial charge in [-0.15, -0.1) is 0 Å². The Morgan fingerprint density at radius 2 is 2.05 bits per heavy atom. The summed E-state index contributed by atoms with van der Waals surface area (Å²) in [6.07, 6.45) is 1.92. The molecule has 0 aliphatic carbocycles. The first-order valence-corrected chi connectivity index (χ1v) is 7.61. The molecule has 0 aromatic heterocycles. The predicted molar refractivity (Wildman–Crippen MR) is 83.0 cm³/mol. The van der Waals surface area contributed by atoms with Crippen LogP contribution in [0.2, 0.25) is 0 Å². The van der Waals surface area contributed by atoms with Crippen LogP contribution in [0.3, 0.4) is 0 Å². The van der Waals surface area contributed by atoms with Crippen molar-refractivity contribution in [3.8, 4) is 5.75 Å². The minimum absolute atomic E-state index is 0.0349. The lowest BCUT2D eigenvalue weighted by Crippen LogP contribution is -2.47. The zero-order chi connectivity index (χ0) is 13.8. The molecule has 2 N–H and O–H groups in total. The number of para-hydroxylation sites is 1. The van der Waals surface area contributed by atoms with Crippen LogP contribution in [0.5, 0.6) is 5.75 Å². The lowest BCUT2D eigenvalue weighted by molar-refractivity contribution is -0.133. The minimum Gasteiger partial charge on any atom is -0.489 e. The van der Waals surface area contributed by atoms with Gasteiger partial charge >= 0.3 is 0 Å². The molecule has 1 fully saturated rings. The molecule has 1 heterocycles. The van der Waals surface area contributed by atoms with Crippen molar-refractivity contribution in [2.45, 2.75) is 31.9 Å². The van der Waals surface area contributed by atoms with Crippen molar-refractivity contribution in [1.29, 1.82) is 0 Å². The Bertz CT molecular complexity index is 443. The van der Waals surface area contributed by atoms with Crippen LogP contribution >= 0.6 is 22.6 Å². The highest BCUT2D eigenvalue weighted by molar-refractivity contribution is 14.1. The Kier molecular flexibility index (Phi) is 5.04. The van der Waals surface area contributed by atoms with Crippen LogP contribution < -0.4 is 10.5 Å². The van der Waals surface area contributed by atoms with E-state index in [-0.39, 0.29) is 12.0 Å². The van der Waals surface area contributed by atoms with Crippen molar-refractivity contribution in [1.82, 2.24) is 4.90 Å². The average Bonchev–Trinajstić information content (AvgIpc) is 2.41. The molecule has 4 nitrogen and oxygen atoms in total. The Labute approximate surface area is 127 Å². The molecule has 0 saturated carbocycles. The predicted octanol–water partition coefficient (Wildman–Crippen LogP) is 2.01. The highest BCUT2D eigenvalue weighted by Crippen LogP contribution is 2.24. The zero-order valence-corrected chi connectivity index (χ0v) is 13.2. The van der Waals surface area contributed by atoms with Gasteiger partial charge in [0.15, 0.2) is 0 Å². The van der Waals surface area contributed by atoms with Gasteiger partial charge in [-0.25, -0.2) is 0 Å². The molecule has 1 atom stereocenters. The fourth-order valence-electron chi connectivity index (χ4n) is 2.20. The zero-order valence-electron chi connectivity index (χ0n) is 11.0. The number of halogens is 1. The number of nitrogens with two attached hydrogens (primary N) is 1. The molecule has 1 amide bonds. The molecule has 5 heteroatoms. The quantitative estimate of drug-likeness (QED) is 0.824. The topological polar surface area (TPSA) is 55.6 Å². The summed E-state index contributed by atoms with van der Waals surface area (Å²) in [7, 11) is 0. The summed E-state index contributed by atoms with van der Waals surface area (Å²) in [6.45, 7) is 3.19. The SMILES string of the molecule is C[C@@H](N)C(=O)N1CCC(Oc2ccccc2I)CC1. The number of hydrogen-bond acceptors (Lipinski definition) is 3. The van der Waals surface area contributed by atoms with Gasteiger partial charge in [-0.05, 0) is 41.6 Å². The second kappa shape index (κ2) is 6.56. The monoisotopic (exact) mass is 374 g/mol. The maximum atomic E-state index is 11.8. The van der Waals surface area contributed by atoms with Gasteiger partial charge in [-0.2, -0.15) is 0 Å². The molecule has 104 valence electrons. The number of rotatable bonds is 3. The summed E-state index contributed by atoms with van der Waals surface area (Å²) in [4.78, 5) is 13.6. The minimum atomic E-state index is -0.410. The van der Waals surface area contributed by atoms with E-state index >= 15 is 0 Å². The molecule has 0 radical (unpaired) electrons. The Morgan fingerprint density at radius 1 is 1.42 bits per heavy atom. The average molecular weight is 374 g/mol. The molecule has 1 saturated heterocycles. The summed E-state index contributed by atoms with van der Waals surface area (Å²) in [5, 5.41) is 0. The van der Waals surface area contributed by atoms with Gasteiger partial charge in [0.1, 0.15) is 11.9 Å². The smallest absolute Gasteiger partial charge is 0.239 e. The van der Waals surface area contributed by atoms with E-state index in [2.05, 4.69) is 22.6 Å². The van der Waals surface area contributed by atoms with Crippen molar-refractivity contribution >= 4 is 28.5 Å². The maximum Gasteiger partial charge on any atom is 0.239 e. The molecule has 0 bridgehead atoms. The normalized spacial score (nSPS) is 18.2. The fourth-order valence-corrected chi connectivity index (χ4v) is 2.72. The van der Waals surface area contributed by atoms with E-state index in [1.54, 1.807) is 6.92 Å². The van der Waals surface area contributed by atoms with Crippen LogP contribution in [0.25, 0.3) is 0 Å². The summed E-state index contributed by atoms with van der Waals surface area (Å²) in [5.41, 5.74) is 5.62. The molecule has 0 unspecified atom stereocenters. The molecule has 1 aliphatic rings. The van der Waals surface area contributed by atoms with E-state index in [9.17, 15) is 4.79 Å². The second-order valence-electron chi connectivity index (χ2n) is 4.86. The van der Waals surface area contributed by atoms with Crippen molar-refractivity contribution in [3.05, 3.63) is 27.8 Å². The van der Waals surface area contributed by atoms with Gasteiger partial charge in [0, 0.05) is 25.9 Å². The maximum absolute atomic E-state index is 11.8. The summed E-state index contributed by atoms with van der Waals surface area (Å²) < 4.78 is 7.12. The van der Waals surface area contributed by atoms with Crippen LogP contribution in [0, 0.1) is 3.57 Å². The number of likely N-dealkylation sites (tertiary alicyclic amines) is 1. The van der Waals surface area contributed by atoms with Crippen LogP contribution in [-0.2, 0) is 4.79 Å². The molecule has 1 aromatic carbocycles. The van der Waals surface area contributed by atoms with Crippen LogP contribution in [0.15, 0.2) is 24.3 Å². The third-order valence-electron chi connectivity index (χ3n) is 3.27. The standard InChI is InChI=1S/C14H19IN2O2/c1-10(16)14(18)17-8-6-11(7-9-17)19-13-5-3-2-4-12(13)15/h2-5,10-11H,6-9,16H2,1H3/t10-/m1/s1. The number of hydrogen-bond donors (Lipinski definition) is 1. The molecule has 1 aliphatic heterocycles. The first-order chi connectivity index (χ1) is 9.08. The van der Waals surface area contributed by atoms with Gasteiger partial charge in [0.2, 0.25) is 5.91 Å². The van der Waals surface area contributed by atoms with Crippen molar-refractivity contribution in [3.63, 3.8) is 0 Å². The number of nitrogens with zero attached hydrogens (tertiary/aromatic N) is 1. The highest BCUT2D eigenvalue weighted by atomic mass is 127. The number of carbonyl (C=O) groups is 1. The molecule has 2 rings (SSSR count). The number of ether oxygens (including phenoxy) is 1. The van der Waals surface area contributed by atoms with Crippen molar-refractivity contribution < 1.29 is 9.53 Å². The van der Waals surface area contributed by atoms with Gasteiger partial charge in [-0.3, -0.25) is 4.79 Å². The van der Waals surface area contributed by atoms with Crippen LogP contribution in [0.4, 0.5) is 0 Å². The third kappa shape index (κ3) is 3.82. The Morgan fingerprint density at radius 3 is 2.63 bits per heavy atom. The third-order valence-corrected chi connectivity index (χ3v) is 4.16. The van der Waals surface area contributed by atoms with E-state index in [4.69, 9.17) is 10.5 Å². The fraction of sp³-hybridized carbons (Fsp3) is 0.500. The lowest BCUT2D eigenvalue weighted by atomic mass is 10.1. The molecule has 19 heavy (non-hydrogen) atoms. The summed E-state index contributed by atoms with van der Waals surface area (Å²) >= 11 is 2.27. The van der Waals surface area contributed by atoms with Crippen molar-refractivity contribution in [2.24, 2.45) is 5.73 Å². The summed E-state index contributed by atoms with van der Waals surface area (Å²) in [5.74, 6) is 0.966. The summed E-state index contributed by atoms with van der Waals surface area (Å²) in [6, 6.07) is 7.59.